The zero-order valence-corrected chi connectivity index (χ0v) is 4.69. The molecule has 0 atom stereocenters. The van der Waals surface area contributed by atoms with E-state index in [1.807, 2.05) is 0 Å². The van der Waals surface area contributed by atoms with Crippen molar-refractivity contribution in [3.8, 4) is 0 Å². The van der Waals surface area contributed by atoms with E-state index in [9.17, 15) is 0 Å². The van der Waals surface area contributed by atoms with Gasteiger partial charge >= 0.3 is 0 Å². The van der Waals surface area contributed by atoms with E-state index < -0.39 is 0 Å². The van der Waals surface area contributed by atoms with Gasteiger partial charge in [-0.3, -0.25) is 0 Å². The molecule has 0 saturated carbocycles. The lowest BCUT2D eigenvalue weighted by Crippen LogP contribution is -1.96. The quantitative estimate of drug-likeness (QED) is 0.520. The number of hydrogen-bond acceptors (Lipinski definition) is 1. The van der Waals surface area contributed by atoms with Gasteiger partial charge in [0.1, 0.15) is 0 Å². The van der Waals surface area contributed by atoms with Crippen molar-refractivity contribution in [3.05, 3.63) is 0 Å². The second-order valence-corrected chi connectivity index (χ2v) is 1.85. The first-order valence-electron chi connectivity index (χ1n) is 2.26. The summed E-state index contributed by atoms with van der Waals surface area (Å²) in [4.78, 5) is 0. The van der Waals surface area contributed by atoms with Gasteiger partial charge in [0, 0.05) is 13.7 Å². The maximum Gasteiger partial charge on any atom is 0.0485 e. The minimum atomic E-state index is 0. The first-order valence-corrected chi connectivity index (χ1v) is 2.26. The van der Waals surface area contributed by atoms with E-state index in [1.54, 1.807) is 7.11 Å². The second kappa shape index (κ2) is 5.96. The van der Waals surface area contributed by atoms with Crippen LogP contribution in [0.1, 0.15) is 21.3 Å². The van der Waals surface area contributed by atoms with E-state index in [4.69, 9.17) is 4.74 Å². The van der Waals surface area contributed by atoms with E-state index in [-0.39, 0.29) is 7.43 Å². The molecule has 0 amide bonds. The Morgan fingerprint density at radius 3 is 1.86 bits per heavy atom. The van der Waals surface area contributed by atoms with Crippen molar-refractivity contribution in [3.63, 3.8) is 0 Å². The molecule has 46 valence electrons. The third-order valence-electron chi connectivity index (χ3n) is 0.500. The Hall–Kier alpha value is -0.0400. The van der Waals surface area contributed by atoms with Gasteiger partial charge in [0.15, 0.2) is 0 Å². The molecule has 0 aromatic rings. The third-order valence-corrected chi connectivity index (χ3v) is 0.500. The van der Waals surface area contributed by atoms with Gasteiger partial charge in [-0.15, -0.1) is 0 Å². The normalized spacial score (nSPS) is 8.57. The van der Waals surface area contributed by atoms with Crippen molar-refractivity contribution < 1.29 is 4.74 Å². The van der Waals surface area contributed by atoms with Crippen LogP contribution in [0.15, 0.2) is 0 Å². The largest absolute Gasteiger partial charge is 0.384 e. The van der Waals surface area contributed by atoms with Crippen LogP contribution in [0.4, 0.5) is 0 Å². The van der Waals surface area contributed by atoms with Crippen molar-refractivity contribution in [1.29, 1.82) is 0 Å². The Morgan fingerprint density at radius 1 is 1.43 bits per heavy atom. The van der Waals surface area contributed by atoms with Gasteiger partial charge in [0.05, 0.1) is 0 Å². The van der Waals surface area contributed by atoms with Crippen LogP contribution in [-0.2, 0) is 4.74 Å². The fraction of sp³-hybridized carbons (Fsp3) is 1.00. The van der Waals surface area contributed by atoms with E-state index in [2.05, 4.69) is 13.8 Å². The molecule has 0 fully saturated rings. The Kier molecular flexibility index (Phi) is 8.56. The molecule has 0 aromatic carbocycles. The lowest BCUT2D eigenvalue weighted by molar-refractivity contribution is 0.167. The van der Waals surface area contributed by atoms with Crippen molar-refractivity contribution in [2.45, 2.75) is 21.3 Å². The van der Waals surface area contributed by atoms with Crippen molar-refractivity contribution in [2.24, 2.45) is 5.92 Å². The van der Waals surface area contributed by atoms with Gasteiger partial charge < -0.3 is 4.74 Å². The smallest absolute Gasteiger partial charge is 0.0485 e. The summed E-state index contributed by atoms with van der Waals surface area (Å²) in [6.45, 7) is 5.13. The van der Waals surface area contributed by atoms with Crippen LogP contribution in [0.2, 0.25) is 0 Å². The van der Waals surface area contributed by atoms with Crippen LogP contribution in [0, 0.1) is 5.92 Å². The average Bonchev–Trinajstić information content (AvgIpc) is 1.35. The topological polar surface area (TPSA) is 9.23 Å². The summed E-state index contributed by atoms with van der Waals surface area (Å²) in [5, 5.41) is 0. The highest BCUT2D eigenvalue weighted by molar-refractivity contribution is 4.35. The molecule has 0 aliphatic heterocycles. The highest BCUT2D eigenvalue weighted by Crippen LogP contribution is 1.88. The molecule has 0 heterocycles. The van der Waals surface area contributed by atoms with Crippen molar-refractivity contribution in [1.82, 2.24) is 0 Å². The van der Waals surface area contributed by atoms with Gasteiger partial charge in [0.25, 0.3) is 0 Å². The Bertz CT molecular complexity index is 25.4. The molecular weight excluding hydrogens is 88.1 g/mol. The Balaban J connectivity index is 0. The summed E-state index contributed by atoms with van der Waals surface area (Å²) >= 11 is 0. The summed E-state index contributed by atoms with van der Waals surface area (Å²) < 4.78 is 4.80. The summed E-state index contributed by atoms with van der Waals surface area (Å²) in [5.41, 5.74) is 0. The SMILES string of the molecule is C.COCC(C)C. The first-order chi connectivity index (χ1) is 2.77. The highest BCUT2D eigenvalue weighted by Gasteiger charge is 1.85. The Morgan fingerprint density at radius 2 is 1.86 bits per heavy atom. The summed E-state index contributed by atoms with van der Waals surface area (Å²) in [5.74, 6) is 0.676. The van der Waals surface area contributed by atoms with Gasteiger partial charge in [0.2, 0.25) is 0 Å². The molecule has 1 nitrogen and oxygen atoms in total. The fourth-order valence-corrected chi connectivity index (χ4v) is 0.333. The second-order valence-electron chi connectivity index (χ2n) is 1.85. The van der Waals surface area contributed by atoms with E-state index in [0.717, 1.165) is 6.61 Å². The van der Waals surface area contributed by atoms with Gasteiger partial charge in [-0.2, -0.15) is 0 Å². The third kappa shape index (κ3) is 10.7. The number of ether oxygens (including phenoxy) is 1. The molecule has 0 unspecified atom stereocenters. The molecule has 0 radical (unpaired) electrons. The molecule has 0 bridgehead atoms. The lowest BCUT2D eigenvalue weighted by Gasteiger charge is -1.97. The number of hydrogen-bond donors (Lipinski definition) is 0. The molecule has 7 heavy (non-hydrogen) atoms. The zero-order valence-electron chi connectivity index (χ0n) is 4.69. The summed E-state index contributed by atoms with van der Waals surface area (Å²) in [6, 6.07) is 0. The molecule has 0 saturated heterocycles. The average molecular weight is 104 g/mol. The van der Waals surface area contributed by atoms with Crippen molar-refractivity contribution >= 4 is 0 Å². The van der Waals surface area contributed by atoms with Gasteiger partial charge in [-0.05, 0) is 5.92 Å². The first kappa shape index (κ1) is 10.0. The maximum absolute atomic E-state index is 4.80. The fourth-order valence-electron chi connectivity index (χ4n) is 0.333. The molecular formula is C6H16O. The monoisotopic (exact) mass is 104 g/mol. The van der Waals surface area contributed by atoms with E-state index in [0.29, 0.717) is 5.92 Å². The molecule has 0 spiro atoms. The van der Waals surface area contributed by atoms with Crippen LogP contribution in [-0.4, -0.2) is 13.7 Å². The highest BCUT2D eigenvalue weighted by atomic mass is 16.5. The van der Waals surface area contributed by atoms with Gasteiger partial charge in [-0.25, -0.2) is 0 Å². The van der Waals surface area contributed by atoms with E-state index >= 15 is 0 Å². The van der Waals surface area contributed by atoms with Crippen LogP contribution in [0.5, 0.6) is 0 Å². The Labute approximate surface area is 46.7 Å². The van der Waals surface area contributed by atoms with Gasteiger partial charge in [-0.1, -0.05) is 21.3 Å². The molecule has 0 aliphatic rings. The molecule has 0 N–H and O–H groups in total. The predicted octanol–water partition coefficient (Wildman–Crippen LogP) is 1.92. The number of rotatable bonds is 2. The molecule has 0 aliphatic carbocycles. The van der Waals surface area contributed by atoms with Crippen LogP contribution in [0.25, 0.3) is 0 Å². The molecule has 1 heteroatoms. The standard InChI is InChI=1S/C5H12O.CH4/c1-5(2)4-6-3;/h5H,4H2,1-3H3;1H4. The van der Waals surface area contributed by atoms with Crippen LogP contribution in [0.3, 0.4) is 0 Å². The minimum Gasteiger partial charge on any atom is -0.384 e. The molecule has 0 aromatic heterocycles. The predicted molar refractivity (Wildman–Crippen MR) is 33.4 cm³/mol. The minimum absolute atomic E-state index is 0. The zero-order chi connectivity index (χ0) is 4.99. The van der Waals surface area contributed by atoms with Crippen molar-refractivity contribution in [2.75, 3.05) is 13.7 Å². The number of methoxy groups -OCH3 is 1. The molecule has 0 rings (SSSR count). The van der Waals surface area contributed by atoms with E-state index in [1.165, 1.54) is 0 Å². The summed E-state index contributed by atoms with van der Waals surface area (Å²) in [7, 11) is 1.72. The van der Waals surface area contributed by atoms with Crippen LogP contribution < -0.4 is 0 Å². The maximum atomic E-state index is 4.80. The summed E-state index contributed by atoms with van der Waals surface area (Å²) in [6.07, 6.45) is 0. The lowest BCUT2D eigenvalue weighted by atomic mass is 10.2. The van der Waals surface area contributed by atoms with Crippen LogP contribution >= 0.6 is 0 Å².